The third kappa shape index (κ3) is 2.10. The molecule has 1 aliphatic rings. The van der Waals surface area contributed by atoms with Crippen molar-refractivity contribution < 1.29 is 23.4 Å². The molecule has 1 aromatic carbocycles. The molecular formula is C12H10N2O5. The van der Waals surface area contributed by atoms with Crippen molar-refractivity contribution in [3.63, 3.8) is 0 Å². The molecule has 7 nitrogen and oxygen atoms in total. The van der Waals surface area contributed by atoms with Crippen LogP contribution in [-0.2, 0) is 4.74 Å². The SMILES string of the molecule is CCOC(=O)c1nnc(-c2ccc3c(c2)OCO3)o1. The standard InChI is InChI=1S/C12H10N2O5/c1-2-16-12(15)11-14-13-10(19-11)7-3-4-8-9(5-7)18-6-17-8/h3-5H,2,6H2,1H3. The number of rotatable bonds is 3. The Hall–Kier alpha value is -2.57. The molecule has 0 bridgehead atoms. The molecule has 0 spiro atoms. The summed E-state index contributed by atoms with van der Waals surface area (Å²) in [7, 11) is 0. The van der Waals surface area contributed by atoms with Crippen molar-refractivity contribution in [1.82, 2.24) is 10.2 Å². The van der Waals surface area contributed by atoms with Crippen molar-refractivity contribution in [2.24, 2.45) is 0 Å². The van der Waals surface area contributed by atoms with Crippen molar-refractivity contribution in [1.29, 1.82) is 0 Å². The Morgan fingerprint density at radius 2 is 2.16 bits per heavy atom. The van der Waals surface area contributed by atoms with Crippen molar-refractivity contribution in [2.45, 2.75) is 6.92 Å². The Labute approximate surface area is 108 Å². The van der Waals surface area contributed by atoms with E-state index in [1.807, 2.05) is 0 Å². The van der Waals surface area contributed by atoms with Crippen LogP contribution in [0.15, 0.2) is 22.6 Å². The van der Waals surface area contributed by atoms with E-state index in [1.165, 1.54) is 0 Å². The van der Waals surface area contributed by atoms with Gasteiger partial charge < -0.3 is 18.6 Å². The van der Waals surface area contributed by atoms with Crippen LogP contribution in [0.1, 0.15) is 17.6 Å². The average molecular weight is 262 g/mol. The topological polar surface area (TPSA) is 83.7 Å². The first-order valence-electron chi connectivity index (χ1n) is 5.68. The molecule has 0 amide bonds. The largest absolute Gasteiger partial charge is 0.459 e. The highest BCUT2D eigenvalue weighted by Crippen LogP contribution is 2.35. The first kappa shape index (κ1) is 11.5. The van der Waals surface area contributed by atoms with Gasteiger partial charge in [-0.1, -0.05) is 0 Å². The van der Waals surface area contributed by atoms with E-state index in [9.17, 15) is 4.79 Å². The number of esters is 1. The van der Waals surface area contributed by atoms with E-state index < -0.39 is 5.97 Å². The van der Waals surface area contributed by atoms with Crippen LogP contribution in [0.25, 0.3) is 11.5 Å². The normalized spacial score (nSPS) is 12.5. The predicted octanol–water partition coefficient (Wildman–Crippen LogP) is 1.64. The summed E-state index contributed by atoms with van der Waals surface area (Å²) >= 11 is 0. The second-order valence-electron chi connectivity index (χ2n) is 3.70. The van der Waals surface area contributed by atoms with E-state index >= 15 is 0 Å². The number of nitrogens with zero attached hydrogens (tertiary/aromatic N) is 2. The highest BCUT2D eigenvalue weighted by Gasteiger charge is 2.19. The number of aromatic nitrogens is 2. The summed E-state index contributed by atoms with van der Waals surface area (Å²) < 4.78 is 20.5. The number of hydrogen-bond donors (Lipinski definition) is 0. The van der Waals surface area contributed by atoms with Crippen LogP contribution in [-0.4, -0.2) is 29.6 Å². The molecule has 0 atom stereocenters. The van der Waals surface area contributed by atoms with Gasteiger partial charge in [-0.05, 0) is 25.1 Å². The van der Waals surface area contributed by atoms with Gasteiger partial charge in [0.1, 0.15) is 0 Å². The van der Waals surface area contributed by atoms with Crippen molar-refractivity contribution in [2.75, 3.05) is 13.4 Å². The summed E-state index contributed by atoms with van der Waals surface area (Å²) in [5.74, 6) is 0.681. The Bertz CT molecular complexity index is 622. The van der Waals surface area contributed by atoms with Crippen LogP contribution in [0, 0.1) is 0 Å². The van der Waals surface area contributed by atoms with Crippen LogP contribution >= 0.6 is 0 Å². The number of carbonyl (C=O) groups excluding carboxylic acids is 1. The van der Waals surface area contributed by atoms with Gasteiger partial charge in [0, 0.05) is 5.56 Å². The molecule has 0 aliphatic carbocycles. The van der Waals surface area contributed by atoms with Gasteiger partial charge in [0.15, 0.2) is 11.5 Å². The molecule has 2 aromatic rings. The maximum atomic E-state index is 11.4. The molecule has 0 radical (unpaired) electrons. The van der Waals surface area contributed by atoms with E-state index in [2.05, 4.69) is 10.2 Å². The zero-order valence-corrected chi connectivity index (χ0v) is 10.1. The zero-order valence-electron chi connectivity index (χ0n) is 10.1. The maximum Gasteiger partial charge on any atom is 0.396 e. The van der Waals surface area contributed by atoms with E-state index in [0.717, 1.165) is 0 Å². The number of hydrogen-bond acceptors (Lipinski definition) is 7. The molecule has 0 unspecified atom stereocenters. The summed E-state index contributed by atoms with van der Waals surface area (Å²) in [6, 6.07) is 5.20. The van der Waals surface area contributed by atoms with E-state index in [-0.39, 0.29) is 25.2 Å². The lowest BCUT2D eigenvalue weighted by Gasteiger charge is -1.98. The minimum Gasteiger partial charge on any atom is -0.459 e. The Morgan fingerprint density at radius 3 is 3.00 bits per heavy atom. The van der Waals surface area contributed by atoms with Gasteiger partial charge in [-0.15, -0.1) is 10.2 Å². The molecule has 98 valence electrons. The molecule has 19 heavy (non-hydrogen) atoms. The van der Waals surface area contributed by atoms with Crippen molar-refractivity contribution >= 4 is 5.97 Å². The number of carbonyl (C=O) groups is 1. The first-order valence-corrected chi connectivity index (χ1v) is 5.68. The van der Waals surface area contributed by atoms with Crippen LogP contribution < -0.4 is 9.47 Å². The second-order valence-corrected chi connectivity index (χ2v) is 3.70. The minimum atomic E-state index is -0.637. The number of ether oxygens (including phenoxy) is 3. The number of benzene rings is 1. The average Bonchev–Trinajstić information content (AvgIpc) is 3.07. The predicted molar refractivity (Wildman–Crippen MR) is 61.8 cm³/mol. The first-order chi connectivity index (χ1) is 9.28. The fourth-order valence-electron chi connectivity index (χ4n) is 1.64. The fraction of sp³-hybridized carbons (Fsp3) is 0.250. The van der Waals surface area contributed by atoms with Gasteiger partial charge in [0.05, 0.1) is 6.61 Å². The van der Waals surface area contributed by atoms with E-state index in [4.69, 9.17) is 18.6 Å². The smallest absolute Gasteiger partial charge is 0.396 e. The lowest BCUT2D eigenvalue weighted by molar-refractivity contribution is 0.0481. The minimum absolute atomic E-state index is 0.172. The number of fused-ring (bicyclic) bond motifs is 1. The highest BCUT2D eigenvalue weighted by atomic mass is 16.7. The quantitative estimate of drug-likeness (QED) is 0.777. The van der Waals surface area contributed by atoms with Crippen molar-refractivity contribution in [3.05, 3.63) is 24.1 Å². The van der Waals surface area contributed by atoms with Gasteiger partial charge in [-0.25, -0.2) is 4.79 Å². The monoisotopic (exact) mass is 262 g/mol. The Morgan fingerprint density at radius 1 is 1.32 bits per heavy atom. The highest BCUT2D eigenvalue weighted by molar-refractivity contribution is 5.84. The molecule has 0 fully saturated rings. The maximum absolute atomic E-state index is 11.4. The summed E-state index contributed by atoms with van der Waals surface area (Å²) in [5.41, 5.74) is 0.646. The molecule has 7 heteroatoms. The molecular weight excluding hydrogens is 252 g/mol. The summed E-state index contributed by atoms with van der Waals surface area (Å²) in [5, 5.41) is 7.44. The van der Waals surface area contributed by atoms with Gasteiger partial charge >= 0.3 is 11.9 Å². The molecule has 2 heterocycles. The molecule has 1 aromatic heterocycles. The third-order valence-electron chi connectivity index (χ3n) is 2.49. The van der Waals surface area contributed by atoms with Crippen LogP contribution in [0.5, 0.6) is 11.5 Å². The third-order valence-corrected chi connectivity index (χ3v) is 2.49. The summed E-state index contributed by atoms with van der Waals surface area (Å²) in [4.78, 5) is 11.4. The second kappa shape index (κ2) is 4.60. The lowest BCUT2D eigenvalue weighted by Crippen LogP contribution is -2.04. The molecule has 0 N–H and O–H groups in total. The summed E-state index contributed by atoms with van der Waals surface area (Å²) in [6.07, 6.45) is 0. The fourth-order valence-corrected chi connectivity index (χ4v) is 1.64. The van der Waals surface area contributed by atoms with Crippen molar-refractivity contribution in [3.8, 4) is 23.0 Å². The van der Waals surface area contributed by atoms with Crippen LogP contribution in [0.2, 0.25) is 0 Å². The Balaban J connectivity index is 1.88. The summed E-state index contributed by atoms with van der Waals surface area (Å²) in [6.45, 7) is 2.14. The van der Waals surface area contributed by atoms with Crippen LogP contribution in [0.4, 0.5) is 0 Å². The van der Waals surface area contributed by atoms with E-state index in [1.54, 1.807) is 25.1 Å². The van der Waals surface area contributed by atoms with E-state index in [0.29, 0.717) is 17.1 Å². The van der Waals surface area contributed by atoms with Gasteiger partial charge in [-0.2, -0.15) is 0 Å². The van der Waals surface area contributed by atoms with Gasteiger partial charge in [-0.3, -0.25) is 0 Å². The molecule has 3 rings (SSSR count). The lowest BCUT2D eigenvalue weighted by atomic mass is 10.2. The molecule has 1 aliphatic heterocycles. The van der Waals surface area contributed by atoms with Gasteiger partial charge in [0.2, 0.25) is 12.7 Å². The molecule has 0 saturated carbocycles. The molecule has 0 saturated heterocycles. The zero-order chi connectivity index (χ0) is 13.2. The van der Waals surface area contributed by atoms with Crippen LogP contribution in [0.3, 0.4) is 0 Å². The van der Waals surface area contributed by atoms with Gasteiger partial charge in [0.25, 0.3) is 0 Å². The Kier molecular flexibility index (Phi) is 2.79.